The molecule has 4 aliphatic rings. The molecule has 3 amide bonds. The van der Waals surface area contributed by atoms with Crippen molar-refractivity contribution in [1.82, 2.24) is 34.6 Å². The molecule has 1 atom stereocenters. The van der Waals surface area contributed by atoms with Crippen molar-refractivity contribution in [2.24, 2.45) is 16.9 Å². The highest BCUT2D eigenvalue weighted by Gasteiger charge is 2.32. The minimum atomic E-state index is -0.469. The van der Waals surface area contributed by atoms with Crippen molar-refractivity contribution < 1.29 is 23.8 Å². The summed E-state index contributed by atoms with van der Waals surface area (Å²) in [5.41, 5.74) is 4.08. The van der Waals surface area contributed by atoms with Crippen molar-refractivity contribution in [1.29, 1.82) is 0 Å². The number of imidazole rings is 1. The minimum Gasteiger partial charge on any atom is -0.496 e. The van der Waals surface area contributed by atoms with Gasteiger partial charge in [-0.1, -0.05) is 10.8 Å². The molecule has 1 unspecified atom stereocenters. The summed E-state index contributed by atoms with van der Waals surface area (Å²) in [5.74, 6) is 1.30. The molecule has 3 aliphatic heterocycles. The maximum Gasteiger partial charge on any atom is 0.260 e. The first-order valence-corrected chi connectivity index (χ1v) is 19.6. The Kier molecular flexibility index (Phi) is 9.53. The summed E-state index contributed by atoms with van der Waals surface area (Å²) in [6.07, 6.45) is 14.1. The predicted octanol–water partition coefficient (Wildman–Crippen LogP) is 3.01. The molecule has 3 fully saturated rings. The average Bonchev–Trinajstić information content (AvgIpc) is 3.91. The van der Waals surface area contributed by atoms with E-state index in [2.05, 4.69) is 42.8 Å². The number of piperazine rings is 1. The van der Waals surface area contributed by atoms with Crippen LogP contribution in [0.5, 0.6) is 5.75 Å². The molecule has 0 bridgehead atoms. The number of aromatic nitrogens is 5. The molecule has 3 aromatic heterocycles. The summed E-state index contributed by atoms with van der Waals surface area (Å²) in [4.78, 5) is 47.1. The fraction of sp³-hybridized carbons (Fsp3) is 0.415. The molecule has 2 N–H and O–H groups in total. The molecular weight excluding hydrogens is 711 g/mol. The van der Waals surface area contributed by atoms with Crippen LogP contribution >= 0.6 is 0 Å². The van der Waals surface area contributed by atoms with E-state index in [1.807, 2.05) is 52.8 Å². The lowest BCUT2D eigenvalue weighted by Gasteiger charge is -2.37. The number of ether oxygens (including phenoxy) is 1. The monoisotopic (exact) mass is 756 g/mol. The molecule has 5 aromatic rings. The number of nitrogens with one attached hydrogen (secondary N) is 2. The quantitative estimate of drug-likeness (QED) is 0.171. The lowest BCUT2D eigenvalue weighted by molar-refractivity contribution is -0.424. The third-order valence-electron chi connectivity index (χ3n) is 11.8. The summed E-state index contributed by atoms with van der Waals surface area (Å²) < 4.78 is 10.9. The number of benzene rings is 2. The molecule has 1 saturated carbocycles. The number of fused-ring (bicyclic) bond motifs is 3. The Balaban J connectivity index is 0.774. The number of nitrogens with zero attached hydrogens (tertiary/aromatic N) is 9. The Hall–Kier alpha value is -5.96. The van der Waals surface area contributed by atoms with E-state index in [0.717, 1.165) is 78.7 Å². The first-order valence-electron chi connectivity index (χ1n) is 19.6. The third kappa shape index (κ3) is 6.91. The maximum atomic E-state index is 13.4. The van der Waals surface area contributed by atoms with Gasteiger partial charge in [-0.15, -0.1) is 0 Å². The van der Waals surface area contributed by atoms with Crippen molar-refractivity contribution in [2.75, 3.05) is 50.1 Å². The van der Waals surface area contributed by atoms with E-state index in [1.54, 1.807) is 30.1 Å². The van der Waals surface area contributed by atoms with Gasteiger partial charge in [-0.05, 0) is 88.2 Å². The van der Waals surface area contributed by atoms with Crippen LogP contribution in [0.3, 0.4) is 0 Å². The summed E-state index contributed by atoms with van der Waals surface area (Å²) >= 11 is 0. The van der Waals surface area contributed by atoms with Crippen LogP contribution in [0.25, 0.3) is 22.8 Å². The van der Waals surface area contributed by atoms with Gasteiger partial charge in [-0.3, -0.25) is 29.3 Å². The van der Waals surface area contributed by atoms with Gasteiger partial charge in [-0.25, -0.2) is 4.98 Å². The van der Waals surface area contributed by atoms with Gasteiger partial charge < -0.3 is 15.0 Å². The van der Waals surface area contributed by atoms with E-state index in [9.17, 15) is 14.4 Å². The lowest BCUT2D eigenvalue weighted by Crippen LogP contribution is -2.47. The minimum absolute atomic E-state index is 0.217. The van der Waals surface area contributed by atoms with Crippen LogP contribution in [-0.4, -0.2) is 97.7 Å². The largest absolute Gasteiger partial charge is 0.496 e. The molecule has 15 heteroatoms. The van der Waals surface area contributed by atoms with Gasteiger partial charge in [0.2, 0.25) is 12.1 Å². The van der Waals surface area contributed by atoms with Gasteiger partial charge in [0.15, 0.2) is 17.7 Å². The van der Waals surface area contributed by atoms with E-state index in [1.165, 1.54) is 24.9 Å². The number of aryl methyl sites for hydroxylation is 1. The van der Waals surface area contributed by atoms with Crippen LogP contribution < -0.4 is 30.8 Å². The standard InChI is InChI=1S/C41H45N11O4/c1-26-39-32(5-3-6-33(39)51(46-26)34-12-13-38(53)45-41(34)55)49-19-17-48(18-20-49)16-14-27-8-10-28(11-9-27)24-50-25-29-21-30(35(56-2)22-31(29)47-50)40(54)44-37-23-42-36-7-4-15-43-52(36)37/h3-7,15,21-25,27-28,34H,8-14,16-20H2,1-2H3,(H-,43,44,45,53,54,55)/p+1/b50-24-. The molecule has 0 radical (unpaired) electrons. The van der Waals surface area contributed by atoms with E-state index in [4.69, 9.17) is 14.9 Å². The third-order valence-corrected chi connectivity index (χ3v) is 11.8. The zero-order valence-electron chi connectivity index (χ0n) is 31.7. The normalized spacial score (nSPS) is 22.2. The van der Waals surface area contributed by atoms with Crippen molar-refractivity contribution in [2.45, 2.75) is 57.9 Å². The Morgan fingerprint density at radius 2 is 1.89 bits per heavy atom. The van der Waals surface area contributed by atoms with Crippen LogP contribution in [0.4, 0.5) is 11.5 Å². The molecule has 2 saturated heterocycles. The highest BCUT2D eigenvalue weighted by molar-refractivity contribution is 6.06. The van der Waals surface area contributed by atoms with E-state index in [-0.39, 0.29) is 17.7 Å². The molecule has 0 spiro atoms. The summed E-state index contributed by atoms with van der Waals surface area (Å²) in [6.45, 7) is 7.03. The first kappa shape index (κ1) is 35.7. The number of carbonyl (C=O) groups excluding carboxylic acids is 3. The zero-order valence-corrected chi connectivity index (χ0v) is 31.7. The number of anilines is 2. The zero-order chi connectivity index (χ0) is 38.3. The van der Waals surface area contributed by atoms with Crippen molar-refractivity contribution >= 4 is 58.2 Å². The fourth-order valence-electron chi connectivity index (χ4n) is 8.78. The summed E-state index contributed by atoms with van der Waals surface area (Å²) in [5, 5.41) is 22.0. The van der Waals surface area contributed by atoms with Crippen LogP contribution in [0.15, 0.2) is 60.0 Å². The van der Waals surface area contributed by atoms with Crippen LogP contribution in [-0.2, 0) is 9.59 Å². The molecule has 56 heavy (non-hydrogen) atoms. The number of carbonyl (C=O) groups is 3. The fourth-order valence-corrected chi connectivity index (χ4v) is 8.78. The second-order valence-corrected chi connectivity index (χ2v) is 15.3. The molecule has 288 valence electrons. The van der Waals surface area contributed by atoms with E-state index < -0.39 is 6.04 Å². The second-order valence-electron chi connectivity index (χ2n) is 15.3. The molecule has 9 rings (SSSR count). The van der Waals surface area contributed by atoms with Gasteiger partial charge in [0, 0.05) is 67.0 Å². The molecular formula is C41H46N11O4+. The highest BCUT2D eigenvalue weighted by Crippen LogP contribution is 2.34. The Labute approximate surface area is 323 Å². The number of rotatable bonds is 9. The Bertz CT molecular complexity index is 2510. The van der Waals surface area contributed by atoms with Gasteiger partial charge in [0.05, 0.1) is 35.3 Å². The van der Waals surface area contributed by atoms with Gasteiger partial charge >= 0.3 is 0 Å². The number of imide groups is 1. The van der Waals surface area contributed by atoms with E-state index >= 15 is 0 Å². The Morgan fingerprint density at radius 3 is 2.70 bits per heavy atom. The summed E-state index contributed by atoms with van der Waals surface area (Å²) in [7, 11) is 1.56. The number of amides is 3. The van der Waals surface area contributed by atoms with Crippen LogP contribution in [0.2, 0.25) is 0 Å². The van der Waals surface area contributed by atoms with Crippen molar-refractivity contribution in [3.05, 3.63) is 76.7 Å². The number of methoxy groups -OCH3 is 1. The van der Waals surface area contributed by atoms with E-state index in [0.29, 0.717) is 41.5 Å². The topological polar surface area (TPSA) is 154 Å². The van der Waals surface area contributed by atoms with Gasteiger partial charge in [0.1, 0.15) is 17.1 Å². The number of hydrogen-bond donors (Lipinski definition) is 2. The average molecular weight is 757 g/mol. The van der Waals surface area contributed by atoms with Crippen LogP contribution in [0.1, 0.15) is 67.0 Å². The lowest BCUT2D eigenvalue weighted by atomic mass is 9.81. The smallest absolute Gasteiger partial charge is 0.260 e. The Morgan fingerprint density at radius 1 is 1.05 bits per heavy atom. The number of piperidine rings is 1. The predicted molar refractivity (Wildman–Crippen MR) is 210 cm³/mol. The highest BCUT2D eigenvalue weighted by atomic mass is 16.5. The second kappa shape index (κ2) is 14.9. The maximum absolute atomic E-state index is 13.4. The molecule has 15 nitrogen and oxygen atoms in total. The number of hydrogen-bond acceptors (Lipinski definition) is 10. The molecule has 2 aromatic carbocycles. The van der Waals surface area contributed by atoms with Crippen LogP contribution in [0, 0.1) is 18.8 Å². The first-order chi connectivity index (χ1) is 27.3. The van der Waals surface area contributed by atoms with Crippen molar-refractivity contribution in [3.8, 4) is 5.75 Å². The SMILES string of the molecule is COc1cc2c(cc1C(=O)Nc1cnc3cccnn13)=C/[N+](=C/C1CCC(CCN3CCN(c4cccc5c4c(C)nn5C4CCC(=O)NC4=O)CC3)CC1)N=2. The summed E-state index contributed by atoms with van der Waals surface area (Å²) in [6, 6.07) is 13.0. The van der Waals surface area contributed by atoms with Crippen molar-refractivity contribution in [3.63, 3.8) is 0 Å². The molecule has 6 heterocycles. The molecule has 1 aliphatic carbocycles. The van der Waals surface area contributed by atoms with Gasteiger partial charge in [-0.2, -0.15) is 14.7 Å². The van der Waals surface area contributed by atoms with Gasteiger partial charge in [0.25, 0.3) is 11.8 Å².